The third-order valence-corrected chi connectivity index (χ3v) is 3.76. The molecule has 0 aliphatic rings. The fraction of sp³-hybridized carbons (Fsp3) is 0.250. The number of anilines is 1. The number of carbonyl (C=O) groups excluding carboxylic acids is 3. The monoisotopic (exact) mass is 370 g/mol. The van der Waals surface area contributed by atoms with Crippen molar-refractivity contribution in [2.45, 2.75) is 6.42 Å². The topological polar surface area (TPSA) is 93.7 Å². The number of hydrogen-bond acceptors (Lipinski definition) is 5. The van der Waals surface area contributed by atoms with Crippen LogP contribution < -0.4 is 10.6 Å². The standard InChI is InChI=1S/C20H22N2O5/c1-26-12-4-11-21-18(23)15-5-3-6-16(13-15)19(24)22-17-9-7-14(8-10-17)20(25)27-2/h3,5-10,13H,4,11-12H2,1-2H3,(H,21,23)(H,22,24). The highest BCUT2D eigenvalue weighted by atomic mass is 16.5. The van der Waals surface area contributed by atoms with Crippen LogP contribution in [0.4, 0.5) is 5.69 Å². The van der Waals surface area contributed by atoms with E-state index in [1.54, 1.807) is 49.6 Å². The summed E-state index contributed by atoms with van der Waals surface area (Å²) in [6.07, 6.45) is 0.712. The highest BCUT2D eigenvalue weighted by Gasteiger charge is 2.11. The summed E-state index contributed by atoms with van der Waals surface area (Å²) in [5, 5.41) is 5.51. The van der Waals surface area contributed by atoms with Crippen LogP contribution in [0.15, 0.2) is 48.5 Å². The lowest BCUT2D eigenvalue weighted by molar-refractivity contribution is 0.0600. The summed E-state index contributed by atoms with van der Waals surface area (Å²) >= 11 is 0. The summed E-state index contributed by atoms with van der Waals surface area (Å²) in [6.45, 7) is 1.06. The lowest BCUT2D eigenvalue weighted by Crippen LogP contribution is -2.25. The maximum atomic E-state index is 12.4. The van der Waals surface area contributed by atoms with Crippen LogP contribution in [-0.2, 0) is 9.47 Å². The number of methoxy groups -OCH3 is 2. The molecule has 2 N–H and O–H groups in total. The maximum absolute atomic E-state index is 12.4. The minimum absolute atomic E-state index is 0.247. The van der Waals surface area contributed by atoms with Crippen LogP contribution in [0.1, 0.15) is 37.5 Å². The summed E-state index contributed by atoms with van der Waals surface area (Å²) in [7, 11) is 2.91. The van der Waals surface area contributed by atoms with Crippen LogP contribution in [0.25, 0.3) is 0 Å². The molecule has 0 atom stereocenters. The molecular weight excluding hydrogens is 348 g/mol. The Hall–Kier alpha value is -3.19. The third-order valence-electron chi connectivity index (χ3n) is 3.76. The second-order valence-electron chi connectivity index (χ2n) is 5.71. The van der Waals surface area contributed by atoms with Gasteiger partial charge in [-0.25, -0.2) is 4.79 Å². The second-order valence-corrected chi connectivity index (χ2v) is 5.71. The maximum Gasteiger partial charge on any atom is 0.337 e. The molecule has 0 spiro atoms. The van der Waals surface area contributed by atoms with Gasteiger partial charge in [0, 0.05) is 37.1 Å². The van der Waals surface area contributed by atoms with Gasteiger partial charge in [-0.1, -0.05) is 6.07 Å². The molecule has 0 radical (unpaired) electrons. The highest BCUT2D eigenvalue weighted by Crippen LogP contribution is 2.13. The van der Waals surface area contributed by atoms with Crippen molar-refractivity contribution in [3.8, 4) is 0 Å². The van der Waals surface area contributed by atoms with Gasteiger partial charge in [0.2, 0.25) is 0 Å². The molecule has 0 saturated carbocycles. The average Bonchev–Trinajstić information content (AvgIpc) is 2.71. The molecule has 0 bridgehead atoms. The summed E-state index contributed by atoms with van der Waals surface area (Å²) < 4.78 is 9.57. The van der Waals surface area contributed by atoms with Gasteiger partial charge in [0.15, 0.2) is 0 Å². The smallest absolute Gasteiger partial charge is 0.337 e. The minimum Gasteiger partial charge on any atom is -0.465 e. The van der Waals surface area contributed by atoms with Crippen molar-refractivity contribution in [3.63, 3.8) is 0 Å². The normalized spacial score (nSPS) is 10.1. The lowest BCUT2D eigenvalue weighted by Gasteiger charge is -2.08. The van der Waals surface area contributed by atoms with E-state index in [2.05, 4.69) is 15.4 Å². The predicted octanol–water partition coefficient (Wildman–Crippen LogP) is 2.49. The van der Waals surface area contributed by atoms with E-state index in [0.29, 0.717) is 42.0 Å². The molecule has 0 aliphatic carbocycles. The first kappa shape index (κ1) is 20.1. The molecule has 0 unspecified atom stereocenters. The van der Waals surface area contributed by atoms with Crippen molar-refractivity contribution in [2.75, 3.05) is 32.7 Å². The molecule has 0 aromatic heterocycles. The van der Waals surface area contributed by atoms with Gasteiger partial charge in [0.1, 0.15) is 0 Å². The second kappa shape index (κ2) is 10.1. The molecule has 0 fully saturated rings. The Kier molecular flexibility index (Phi) is 7.51. The van der Waals surface area contributed by atoms with Crippen molar-refractivity contribution >= 4 is 23.5 Å². The Labute approximate surface area is 157 Å². The number of carbonyl (C=O) groups is 3. The largest absolute Gasteiger partial charge is 0.465 e. The minimum atomic E-state index is -0.447. The first-order chi connectivity index (χ1) is 13.0. The van der Waals surface area contributed by atoms with E-state index in [1.165, 1.54) is 13.2 Å². The van der Waals surface area contributed by atoms with Crippen LogP contribution >= 0.6 is 0 Å². The van der Waals surface area contributed by atoms with Crippen LogP contribution in [0.2, 0.25) is 0 Å². The molecule has 2 rings (SSSR count). The summed E-state index contributed by atoms with van der Waals surface area (Å²) in [5.41, 5.74) is 1.68. The number of esters is 1. The SMILES string of the molecule is COCCCNC(=O)c1cccc(C(=O)Nc2ccc(C(=O)OC)cc2)c1. The van der Waals surface area contributed by atoms with Gasteiger partial charge in [-0.15, -0.1) is 0 Å². The van der Waals surface area contributed by atoms with Crippen molar-refractivity contribution in [3.05, 3.63) is 65.2 Å². The van der Waals surface area contributed by atoms with Crippen LogP contribution in [-0.4, -0.2) is 45.2 Å². The summed E-state index contributed by atoms with van der Waals surface area (Å²) in [4.78, 5) is 36.0. The molecule has 2 aromatic rings. The first-order valence-electron chi connectivity index (χ1n) is 8.42. The molecule has 0 aliphatic heterocycles. The molecule has 0 heterocycles. The number of ether oxygens (including phenoxy) is 2. The van der Waals surface area contributed by atoms with Crippen molar-refractivity contribution in [1.82, 2.24) is 5.32 Å². The molecule has 7 nitrogen and oxygen atoms in total. The zero-order valence-electron chi connectivity index (χ0n) is 15.3. The molecule has 2 amide bonds. The van der Waals surface area contributed by atoms with E-state index in [1.807, 2.05) is 0 Å². The Bertz CT molecular complexity index is 802. The van der Waals surface area contributed by atoms with Gasteiger partial charge in [0.25, 0.3) is 11.8 Å². The van der Waals surface area contributed by atoms with E-state index >= 15 is 0 Å². The van der Waals surface area contributed by atoms with E-state index in [9.17, 15) is 14.4 Å². The molecule has 27 heavy (non-hydrogen) atoms. The molecular formula is C20H22N2O5. The van der Waals surface area contributed by atoms with E-state index < -0.39 is 5.97 Å². The van der Waals surface area contributed by atoms with Crippen LogP contribution in [0.3, 0.4) is 0 Å². The van der Waals surface area contributed by atoms with Gasteiger partial charge < -0.3 is 20.1 Å². The van der Waals surface area contributed by atoms with Gasteiger partial charge in [-0.05, 0) is 48.9 Å². The van der Waals surface area contributed by atoms with Crippen LogP contribution in [0.5, 0.6) is 0 Å². The summed E-state index contributed by atoms with van der Waals surface area (Å²) in [6, 6.07) is 12.8. The fourth-order valence-corrected chi connectivity index (χ4v) is 2.33. The molecule has 142 valence electrons. The predicted molar refractivity (Wildman–Crippen MR) is 101 cm³/mol. The first-order valence-corrected chi connectivity index (χ1v) is 8.42. The van der Waals surface area contributed by atoms with Crippen molar-refractivity contribution < 1.29 is 23.9 Å². The third kappa shape index (κ3) is 5.93. The molecule has 2 aromatic carbocycles. The number of amides is 2. The average molecular weight is 370 g/mol. The number of rotatable bonds is 8. The summed E-state index contributed by atoms with van der Waals surface area (Å²) in [5.74, 6) is -1.05. The molecule has 0 saturated heterocycles. The Balaban J connectivity index is 2.00. The number of nitrogens with one attached hydrogen (secondary N) is 2. The van der Waals surface area contributed by atoms with Crippen LogP contribution in [0, 0.1) is 0 Å². The van der Waals surface area contributed by atoms with Crippen molar-refractivity contribution in [1.29, 1.82) is 0 Å². The zero-order chi connectivity index (χ0) is 19.6. The molecule has 7 heteroatoms. The fourth-order valence-electron chi connectivity index (χ4n) is 2.33. The number of hydrogen-bond donors (Lipinski definition) is 2. The van der Waals surface area contributed by atoms with Gasteiger partial charge in [0.05, 0.1) is 12.7 Å². The van der Waals surface area contributed by atoms with Gasteiger partial charge in [-0.3, -0.25) is 9.59 Å². The highest BCUT2D eigenvalue weighted by molar-refractivity contribution is 6.06. The number of benzene rings is 2. The van der Waals surface area contributed by atoms with E-state index in [-0.39, 0.29) is 11.8 Å². The Morgan fingerprint density at radius 2 is 1.56 bits per heavy atom. The van der Waals surface area contributed by atoms with E-state index in [4.69, 9.17) is 4.74 Å². The quantitative estimate of drug-likeness (QED) is 0.550. The Morgan fingerprint density at radius 1 is 0.889 bits per heavy atom. The van der Waals surface area contributed by atoms with E-state index in [0.717, 1.165) is 0 Å². The van der Waals surface area contributed by atoms with Gasteiger partial charge in [-0.2, -0.15) is 0 Å². The Morgan fingerprint density at radius 3 is 2.19 bits per heavy atom. The zero-order valence-corrected chi connectivity index (χ0v) is 15.3. The van der Waals surface area contributed by atoms with Gasteiger partial charge >= 0.3 is 5.97 Å². The lowest BCUT2D eigenvalue weighted by atomic mass is 10.1. The van der Waals surface area contributed by atoms with Crippen molar-refractivity contribution in [2.24, 2.45) is 0 Å².